The van der Waals surface area contributed by atoms with Crippen LogP contribution in [-0.2, 0) is 7.05 Å². The van der Waals surface area contributed by atoms with E-state index in [1.165, 1.54) is 32.1 Å². The second-order valence-corrected chi connectivity index (χ2v) is 5.68. The molecule has 2 heterocycles. The van der Waals surface area contributed by atoms with Crippen LogP contribution in [0.15, 0.2) is 12.3 Å². The lowest BCUT2D eigenvalue weighted by molar-refractivity contribution is 0.213. The van der Waals surface area contributed by atoms with Crippen molar-refractivity contribution >= 4 is 11.8 Å². The molecule has 0 bridgehead atoms. The van der Waals surface area contributed by atoms with Crippen LogP contribution in [0.5, 0.6) is 0 Å². The first-order valence-electron chi connectivity index (χ1n) is 6.73. The molecule has 1 saturated heterocycles. The van der Waals surface area contributed by atoms with Crippen molar-refractivity contribution in [2.75, 3.05) is 18.4 Å². The van der Waals surface area contributed by atoms with Crippen molar-refractivity contribution in [3.8, 4) is 0 Å². The van der Waals surface area contributed by atoms with Crippen LogP contribution in [0.1, 0.15) is 32.1 Å². The molecular weight excluding hydrogens is 228 g/mol. The molecule has 18 heavy (non-hydrogen) atoms. The minimum Gasteiger partial charge on any atom is -0.324 e. The molecule has 1 aliphatic carbocycles. The number of amides is 2. The van der Waals surface area contributed by atoms with Crippen molar-refractivity contribution in [2.45, 2.75) is 32.1 Å². The van der Waals surface area contributed by atoms with Gasteiger partial charge in [-0.1, -0.05) is 12.8 Å². The molecule has 3 rings (SSSR count). The van der Waals surface area contributed by atoms with Crippen LogP contribution >= 0.6 is 0 Å². The largest absolute Gasteiger partial charge is 0.324 e. The van der Waals surface area contributed by atoms with E-state index in [0.717, 1.165) is 13.1 Å². The minimum atomic E-state index is -0.00234. The van der Waals surface area contributed by atoms with Gasteiger partial charge in [-0.3, -0.25) is 10.00 Å². The number of nitrogens with zero attached hydrogens (tertiary/aromatic N) is 3. The summed E-state index contributed by atoms with van der Waals surface area (Å²) in [6, 6.07) is 1.82. The van der Waals surface area contributed by atoms with Crippen LogP contribution in [0.2, 0.25) is 0 Å². The van der Waals surface area contributed by atoms with E-state index in [0.29, 0.717) is 11.2 Å². The Morgan fingerprint density at radius 3 is 2.83 bits per heavy atom. The van der Waals surface area contributed by atoms with Gasteiger partial charge in [0.25, 0.3) is 0 Å². The van der Waals surface area contributed by atoms with Crippen LogP contribution in [0.25, 0.3) is 0 Å². The molecule has 1 spiro atoms. The number of urea groups is 1. The van der Waals surface area contributed by atoms with Gasteiger partial charge < -0.3 is 4.90 Å². The maximum absolute atomic E-state index is 12.1. The summed E-state index contributed by atoms with van der Waals surface area (Å²) in [5.41, 5.74) is 0.432. The highest BCUT2D eigenvalue weighted by atomic mass is 16.2. The molecule has 1 aromatic rings. The first kappa shape index (κ1) is 11.6. The van der Waals surface area contributed by atoms with Crippen molar-refractivity contribution < 1.29 is 4.79 Å². The second kappa shape index (κ2) is 4.30. The molecule has 1 aliphatic heterocycles. The Kier molecular flexibility index (Phi) is 2.76. The van der Waals surface area contributed by atoms with Gasteiger partial charge in [-0.15, -0.1) is 0 Å². The summed E-state index contributed by atoms with van der Waals surface area (Å²) in [5, 5.41) is 7.04. The number of aromatic nitrogens is 2. The van der Waals surface area contributed by atoms with Gasteiger partial charge >= 0.3 is 6.03 Å². The van der Waals surface area contributed by atoms with Crippen LogP contribution in [0.4, 0.5) is 10.6 Å². The Bertz CT molecular complexity index is 448. The van der Waals surface area contributed by atoms with E-state index in [9.17, 15) is 4.79 Å². The smallest absolute Gasteiger partial charge is 0.323 e. The summed E-state index contributed by atoms with van der Waals surface area (Å²) in [4.78, 5) is 14.1. The molecule has 5 heteroatoms. The average Bonchev–Trinajstić information content (AvgIpc) is 3.04. The molecule has 1 saturated carbocycles. The molecule has 0 atom stereocenters. The summed E-state index contributed by atoms with van der Waals surface area (Å²) in [7, 11) is 1.85. The molecule has 2 amide bonds. The fourth-order valence-corrected chi connectivity index (χ4v) is 3.31. The van der Waals surface area contributed by atoms with E-state index in [2.05, 4.69) is 10.4 Å². The fourth-order valence-electron chi connectivity index (χ4n) is 3.31. The standard InChI is InChI=1S/C13H20N4O/c1-16-8-4-11(15-16)14-12(18)17-9-7-13(10-17)5-2-3-6-13/h4,8H,2-3,5-7,9-10H2,1H3,(H,14,15,18). The molecule has 0 unspecified atom stereocenters. The quantitative estimate of drug-likeness (QED) is 0.828. The predicted molar refractivity (Wildman–Crippen MR) is 69.3 cm³/mol. The predicted octanol–water partition coefficient (Wildman–Crippen LogP) is 2.22. The van der Waals surface area contributed by atoms with Crippen molar-refractivity contribution in [3.63, 3.8) is 0 Å². The second-order valence-electron chi connectivity index (χ2n) is 5.68. The van der Waals surface area contributed by atoms with Gasteiger partial charge in [0.15, 0.2) is 5.82 Å². The summed E-state index contributed by atoms with van der Waals surface area (Å²) in [6.45, 7) is 1.81. The maximum atomic E-state index is 12.1. The monoisotopic (exact) mass is 248 g/mol. The third-order valence-electron chi connectivity index (χ3n) is 4.34. The molecule has 1 aromatic heterocycles. The Morgan fingerprint density at radius 1 is 1.39 bits per heavy atom. The first-order chi connectivity index (χ1) is 8.67. The van der Waals surface area contributed by atoms with E-state index in [1.807, 2.05) is 24.2 Å². The summed E-state index contributed by atoms with van der Waals surface area (Å²) >= 11 is 0. The van der Waals surface area contributed by atoms with E-state index in [1.54, 1.807) is 4.68 Å². The molecule has 2 aliphatic rings. The van der Waals surface area contributed by atoms with Gasteiger partial charge in [0.1, 0.15) is 0 Å². The Balaban J connectivity index is 1.60. The van der Waals surface area contributed by atoms with Gasteiger partial charge in [0.2, 0.25) is 0 Å². The molecule has 0 aromatic carbocycles. The topological polar surface area (TPSA) is 50.2 Å². The number of anilines is 1. The molecule has 1 N–H and O–H groups in total. The Morgan fingerprint density at radius 2 is 2.17 bits per heavy atom. The normalized spacial score (nSPS) is 21.7. The lowest BCUT2D eigenvalue weighted by atomic mass is 9.86. The summed E-state index contributed by atoms with van der Waals surface area (Å²) in [5.74, 6) is 0.634. The highest BCUT2D eigenvalue weighted by molar-refractivity contribution is 5.88. The van der Waals surface area contributed by atoms with Crippen LogP contribution in [0.3, 0.4) is 0 Å². The Hall–Kier alpha value is -1.52. The molecule has 2 fully saturated rings. The van der Waals surface area contributed by atoms with Gasteiger partial charge in [0, 0.05) is 32.4 Å². The number of likely N-dealkylation sites (tertiary alicyclic amines) is 1. The zero-order chi connectivity index (χ0) is 12.6. The maximum Gasteiger partial charge on any atom is 0.323 e. The highest BCUT2D eigenvalue weighted by Crippen LogP contribution is 2.45. The summed E-state index contributed by atoms with van der Waals surface area (Å²) in [6.07, 6.45) is 8.24. The van der Waals surface area contributed by atoms with E-state index < -0.39 is 0 Å². The van der Waals surface area contributed by atoms with E-state index in [4.69, 9.17) is 0 Å². The number of carbonyl (C=O) groups excluding carboxylic acids is 1. The van der Waals surface area contributed by atoms with Crippen molar-refractivity contribution in [1.82, 2.24) is 14.7 Å². The minimum absolute atomic E-state index is 0.00234. The first-order valence-corrected chi connectivity index (χ1v) is 6.73. The van der Waals surface area contributed by atoms with Crippen molar-refractivity contribution in [3.05, 3.63) is 12.3 Å². The van der Waals surface area contributed by atoms with E-state index >= 15 is 0 Å². The number of carbonyl (C=O) groups is 1. The lowest BCUT2D eigenvalue weighted by Crippen LogP contribution is -2.34. The molecule has 0 radical (unpaired) electrons. The fraction of sp³-hybridized carbons (Fsp3) is 0.692. The Labute approximate surface area is 107 Å². The average molecular weight is 248 g/mol. The van der Waals surface area contributed by atoms with E-state index in [-0.39, 0.29) is 6.03 Å². The van der Waals surface area contributed by atoms with Gasteiger partial charge in [-0.05, 0) is 24.7 Å². The van der Waals surface area contributed by atoms with Crippen molar-refractivity contribution in [1.29, 1.82) is 0 Å². The number of hydrogen-bond donors (Lipinski definition) is 1. The highest BCUT2D eigenvalue weighted by Gasteiger charge is 2.41. The third-order valence-corrected chi connectivity index (χ3v) is 4.34. The van der Waals surface area contributed by atoms with Gasteiger partial charge in [-0.2, -0.15) is 5.10 Å². The van der Waals surface area contributed by atoms with Gasteiger partial charge in [-0.25, -0.2) is 4.79 Å². The zero-order valence-corrected chi connectivity index (χ0v) is 10.9. The molecule has 5 nitrogen and oxygen atoms in total. The van der Waals surface area contributed by atoms with Crippen LogP contribution in [-0.4, -0.2) is 33.8 Å². The number of aryl methyl sites for hydroxylation is 1. The van der Waals surface area contributed by atoms with Crippen molar-refractivity contribution in [2.24, 2.45) is 12.5 Å². The zero-order valence-electron chi connectivity index (χ0n) is 10.9. The number of rotatable bonds is 1. The summed E-state index contributed by atoms with van der Waals surface area (Å²) < 4.78 is 1.69. The van der Waals surface area contributed by atoms with Gasteiger partial charge in [0.05, 0.1) is 0 Å². The number of nitrogens with one attached hydrogen (secondary N) is 1. The third kappa shape index (κ3) is 2.09. The molecular formula is C13H20N4O. The van der Waals surface area contributed by atoms with Crippen LogP contribution in [0, 0.1) is 5.41 Å². The number of hydrogen-bond acceptors (Lipinski definition) is 2. The lowest BCUT2D eigenvalue weighted by Gasteiger charge is -2.23. The van der Waals surface area contributed by atoms with Crippen LogP contribution < -0.4 is 5.32 Å². The molecule has 98 valence electrons. The SMILES string of the molecule is Cn1ccc(NC(=O)N2CCC3(CCCC3)C2)n1.